The Balaban J connectivity index is 1.25. The van der Waals surface area contributed by atoms with Gasteiger partial charge in [0.15, 0.2) is 0 Å². The summed E-state index contributed by atoms with van der Waals surface area (Å²) in [5.41, 5.74) is 13.5. The zero-order valence-electron chi connectivity index (χ0n) is 29.6. The highest BCUT2D eigenvalue weighted by Crippen LogP contribution is 2.41. The van der Waals surface area contributed by atoms with Gasteiger partial charge in [-0.3, -0.25) is 0 Å². The van der Waals surface area contributed by atoms with Crippen LogP contribution in [0.25, 0.3) is 22.3 Å². The second-order valence-corrected chi connectivity index (χ2v) is 13.3. The van der Waals surface area contributed by atoms with Gasteiger partial charge in [0.25, 0.3) is 0 Å². The van der Waals surface area contributed by atoms with E-state index in [4.69, 9.17) is 9.47 Å². The molecule has 0 radical (unpaired) electrons. The third kappa shape index (κ3) is 6.77. The van der Waals surface area contributed by atoms with Gasteiger partial charge in [0.1, 0.15) is 23.0 Å². The highest BCUT2D eigenvalue weighted by molar-refractivity contribution is 6.05. The number of hydrogen-bond acceptors (Lipinski definition) is 2. The van der Waals surface area contributed by atoms with Gasteiger partial charge in [-0.1, -0.05) is 170 Å². The van der Waals surface area contributed by atoms with Gasteiger partial charge < -0.3 is 9.47 Å². The lowest BCUT2D eigenvalue weighted by Crippen LogP contribution is -1.99. The van der Waals surface area contributed by atoms with Gasteiger partial charge in [0, 0.05) is 0 Å². The molecule has 0 spiro atoms. The first-order chi connectivity index (χ1) is 26.8. The SMILES string of the molecule is c1ccc(C2=C(c3ccccc3)c3ccc(cc3)Oc3ccc(cc3)C(c3ccccc3)=C(c3ccccc3)c3ccc(cc3)Oc3ccc2cc3)cc1. The first-order valence-corrected chi connectivity index (χ1v) is 18.2. The minimum Gasteiger partial charge on any atom is -0.457 e. The van der Waals surface area contributed by atoms with Crippen molar-refractivity contribution in [3.8, 4) is 23.0 Å². The van der Waals surface area contributed by atoms with Crippen molar-refractivity contribution in [2.45, 2.75) is 0 Å². The highest BCUT2D eigenvalue weighted by atomic mass is 16.5. The molecule has 2 nitrogen and oxygen atoms in total. The van der Waals surface area contributed by atoms with E-state index in [1.807, 2.05) is 0 Å². The van der Waals surface area contributed by atoms with Gasteiger partial charge >= 0.3 is 0 Å². The number of rotatable bonds is 4. The van der Waals surface area contributed by atoms with E-state index in [-0.39, 0.29) is 0 Å². The molecular formula is C52H36O2. The Morgan fingerprint density at radius 1 is 0.167 bits per heavy atom. The Labute approximate surface area is 316 Å². The van der Waals surface area contributed by atoms with E-state index >= 15 is 0 Å². The van der Waals surface area contributed by atoms with E-state index in [1.54, 1.807) is 0 Å². The Morgan fingerprint density at radius 2 is 0.333 bits per heavy atom. The molecule has 0 aliphatic carbocycles. The van der Waals surface area contributed by atoms with E-state index in [0.29, 0.717) is 0 Å². The lowest BCUT2D eigenvalue weighted by atomic mass is 9.85. The van der Waals surface area contributed by atoms with Crippen molar-refractivity contribution in [1.29, 1.82) is 0 Å². The van der Waals surface area contributed by atoms with Crippen molar-refractivity contribution >= 4 is 22.3 Å². The average molecular weight is 693 g/mol. The predicted molar refractivity (Wildman–Crippen MR) is 222 cm³/mol. The molecule has 8 bridgehead atoms. The van der Waals surface area contributed by atoms with Gasteiger partial charge in [-0.25, -0.2) is 0 Å². The lowest BCUT2D eigenvalue weighted by molar-refractivity contribution is 0.482. The molecule has 0 aromatic heterocycles. The third-order valence-electron chi connectivity index (χ3n) is 9.79. The summed E-state index contributed by atoms with van der Waals surface area (Å²) in [5.74, 6) is 3.08. The molecule has 256 valence electrons. The minimum atomic E-state index is 0.771. The highest BCUT2D eigenvalue weighted by Gasteiger charge is 2.19. The minimum absolute atomic E-state index is 0.771. The molecule has 54 heavy (non-hydrogen) atoms. The molecule has 8 aromatic rings. The zero-order valence-corrected chi connectivity index (χ0v) is 29.6. The summed E-state index contributed by atoms with van der Waals surface area (Å²) in [6.45, 7) is 0. The van der Waals surface area contributed by atoms with Gasteiger partial charge in [-0.15, -0.1) is 0 Å². The third-order valence-corrected chi connectivity index (χ3v) is 9.79. The van der Waals surface area contributed by atoms with Gasteiger partial charge in [0.2, 0.25) is 0 Å². The van der Waals surface area contributed by atoms with Crippen LogP contribution in [0.15, 0.2) is 218 Å². The van der Waals surface area contributed by atoms with E-state index in [9.17, 15) is 0 Å². The fourth-order valence-electron chi connectivity index (χ4n) is 7.27. The van der Waals surface area contributed by atoms with Crippen LogP contribution in [0, 0.1) is 0 Å². The van der Waals surface area contributed by atoms with Crippen molar-refractivity contribution in [1.82, 2.24) is 0 Å². The van der Waals surface area contributed by atoms with Crippen LogP contribution < -0.4 is 9.47 Å². The van der Waals surface area contributed by atoms with E-state index in [0.717, 1.165) is 89.8 Å². The first kappa shape index (κ1) is 32.7. The molecular weight excluding hydrogens is 657 g/mol. The summed E-state index contributed by atoms with van der Waals surface area (Å²) < 4.78 is 13.0. The molecule has 15 rings (SSSR count). The second-order valence-electron chi connectivity index (χ2n) is 13.3. The van der Waals surface area contributed by atoms with Crippen LogP contribution in [-0.2, 0) is 0 Å². The van der Waals surface area contributed by atoms with Crippen molar-refractivity contribution in [2.75, 3.05) is 0 Å². The standard InChI is InChI=1S/C52H36O2/c1-5-13-37(14-6-1)49-41-21-29-45(30-22-41)53-47-33-25-43(26-34-47)51(39-17-9-3-10-18-39)52(40-19-11-4-12-20-40)44-27-35-48(36-28-44)54-46-31-23-42(24-32-46)50(49)38-15-7-2-8-16-38/h1-36H. The molecule has 0 unspecified atom stereocenters. The molecule has 0 N–H and O–H groups in total. The molecule has 0 fully saturated rings. The predicted octanol–water partition coefficient (Wildman–Crippen LogP) is 13.6. The average Bonchev–Trinajstić information content (AvgIpc) is 3.24. The Bertz CT molecular complexity index is 2180. The van der Waals surface area contributed by atoms with E-state index < -0.39 is 0 Å². The van der Waals surface area contributed by atoms with Crippen molar-refractivity contribution in [3.63, 3.8) is 0 Å². The van der Waals surface area contributed by atoms with E-state index in [2.05, 4.69) is 218 Å². The molecule has 0 saturated carbocycles. The van der Waals surface area contributed by atoms with Gasteiger partial charge in [-0.2, -0.15) is 0 Å². The zero-order chi connectivity index (χ0) is 36.1. The second kappa shape index (κ2) is 14.8. The van der Waals surface area contributed by atoms with Crippen LogP contribution in [0.5, 0.6) is 23.0 Å². The van der Waals surface area contributed by atoms with Crippen molar-refractivity contribution in [2.24, 2.45) is 0 Å². The topological polar surface area (TPSA) is 18.5 Å². The van der Waals surface area contributed by atoms with Gasteiger partial charge in [-0.05, 0) is 115 Å². The molecule has 7 heterocycles. The summed E-state index contributed by atoms with van der Waals surface area (Å²) in [6, 6.07) is 76.1. The smallest absolute Gasteiger partial charge is 0.127 e. The molecule has 0 atom stereocenters. The lowest BCUT2D eigenvalue weighted by Gasteiger charge is -2.20. The fraction of sp³-hybridized carbons (Fsp3) is 0. The normalized spacial score (nSPS) is 12.6. The van der Waals surface area contributed by atoms with Crippen LogP contribution in [0.1, 0.15) is 44.5 Å². The van der Waals surface area contributed by atoms with Crippen LogP contribution in [0.4, 0.5) is 0 Å². The Kier molecular flexibility index (Phi) is 8.99. The summed E-state index contributed by atoms with van der Waals surface area (Å²) >= 11 is 0. The first-order valence-electron chi connectivity index (χ1n) is 18.2. The molecule has 0 saturated heterocycles. The summed E-state index contributed by atoms with van der Waals surface area (Å²) in [6.07, 6.45) is 0. The molecule has 7 aliphatic heterocycles. The van der Waals surface area contributed by atoms with E-state index in [1.165, 1.54) is 0 Å². The van der Waals surface area contributed by atoms with Crippen LogP contribution >= 0.6 is 0 Å². The summed E-state index contributed by atoms with van der Waals surface area (Å²) in [5, 5.41) is 0. The fourth-order valence-corrected chi connectivity index (χ4v) is 7.27. The van der Waals surface area contributed by atoms with Crippen molar-refractivity contribution in [3.05, 3.63) is 263 Å². The monoisotopic (exact) mass is 692 g/mol. The van der Waals surface area contributed by atoms with Gasteiger partial charge in [0.05, 0.1) is 0 Å². The van der Waals surface area contributed by atoms with Crippen LogP contribution in [0.3, 0.4) is 0 Å². The van der Waals surface area contributed by atoms with Crippen molar-refractivity contribution < 1.29 is 9.47 Å². The molecule has 8 aromatic carbocycles. The quantitative estimate of drug-likeness (QED) is 0.183. The maximum absolute atomic E-state index is 6.49. The maximum Gasteiger partial charge on any atom is 0.127 e. The molecule has 2 heteroatoms. The number of benzene rings is 8. The largest absolute Gasteiger partial charge is 0.457 e. The van der Waals surface area contributed by atoms with Crippen LogP contribution in [0.2, 0.25) is 0 Å². The Hall–Kier alpha value is -7.16. The Morgan fingerprint density at radius 3 is 0.519 bits per heavy atom. The molecule has 7 aliphatic rings. The summed E-state index contributed by atoms with van der Waals surface area (Å²) in [4.78, 5) is 0. The number of ether oxygens (including phenoxy) is 2. The maximum atomic E-state index is 6.49. The molecule has 0 amide bonds. The van der Waals surface area contributed by atoms with Crippen LogP contribution in [-0.4, -0.2) is 0 Å². The summed E-state index contributed by atoms with van der Waals surface area (Å²) in [7, 11) is 0. The number of hydrogen-bond donors (Lipinski definition) is 0.